The van der Waals surface area contributed by atoms with Crippen LogP contribution in [0.15, 0.2) is 116 Å². The molecule has 0 radical (unpaired) electrons. The second-order valence-electron chi connectivity index (χ2n) is 20.3. The molecule has 0 spiro atoms. The lowest BCUT2D eigenvalue weighted by atomic mass is 9.98. The zero-order valence-electron chi connectivity index (χ0n) is 45.0. The van der Waals surface area contributed by atoms with E-state index in [0.29, 0.717) is 63.2 Å². The number of nitrogens with one attached hydrogen (secondary N) is 1. The number of ether oxygens (including phenoxy) is 4. The largest absolute Gasteiger partial charge is 0.501 e. The standard InChI is InChI=1S/C26H25F4NO.C23H29NO3.C5H10O2.C5H12/c1-6-7-10-21(18(4)32-5)25-17(3)31(15-19-9-8-11-23(27)16(19)2)24-13-12-20(14-22(24)25)26(28,29)30;1-8-10-11-17(15(3)26-7)20-18-14-16(9-2)12-13-19(18)24-21(20)22(25)27-23(4,5)6;1-5(2,3)7-4-6;1-5(2,3)4/h6-14H,1,15H2,2-5H3;8,10-14,24H,1,9H2,2-7H3;4H,1-3H3;1-4H3/b10-7-,21-18-;11-10-,17-15-;;. The van der Waals surface area contributed by atoms with E-state index in [1.165, 1.54) is 24.8 Å². The number of nitrogens with zero attached hydrogens (tertiary/aromatic N) is 1. The van der Waals surface area contributed by atoms with E-state index in [-0.39, 0.29) is 17.4 Å². The van der Waals surface area contributed by atoms with Crippen LogP contribution in [-0.2, 0) is 42.9 Å². The van der Waals surface area contributed by atoms with Crippen molar-refractivity contribution >= 4 is 45.4 Å². The zero-order valence-corrected chi connectivity index (χ0v) is 45.0. The molecule has 0 aliphatic heterocycles. The fraction of sp³-hybridized carbons (Fsp3) is 0.390. The summed E-state index contributed by atoms with van der Waals surface area (Å²) in [7, 11) is 3.14. The third kappa shape index (κ3) is 18.3. The minimum absolute atomic E-state index is 0.318. The highest BCUT2D eigenvalue weighted by Crippen LogP contribution is 2.39. The topological polar surface area (TPSA) is 91.8 Å². The van der Waals surface area contributed by atoms with Gasteiger partial charge in [-0.25, -0.2) is 9.18 Å². The smallest absolute Gasteiger partial charge is 0.416 e. The van der Waals surface area contributed by atoms with E-state index in [2.05, 4.69) is 69.6 Å². The number of aromatic nitrogens is 2. The number of hydrogen-bond acceptors (Lipinski definition) is 6. The summed E-state index contributed by atoms with van der Waals surface area (Å²) in [6, 6.07) is 14.7. The van der Waals surface area contributed by atoms with E-state index in [4.69, 9.17) is 14.2 Å². The minimum Gasteiger partial charge on any atom is -0.501 e. The number of halogens is 4. The van der Waals surface area contributed by atoms with E-state index >= 15 is 0 Å². The maximum Gasteiger partial charge on any atom is 0.416 e. The summed E-state index contributed by atoms with van der Waals surface area (Å²) in [5, 5.41) is 1.42. The molecule has 3 aromatic carbocycles. The predicted molar refractivity (Wildman–Crippen MR) is 285 cm³/mol. The summed E-state index contributed by atoms with van der Waals surface area (Å²) in [4.78, 5) is 25.8. The molecule has 71 heavy (non-hydrogen) atoms. The van der Waals surface area contributed by atoms with Gasteiger partial charge in [-0.15, -0.1) is 0 Å². The fourth-order valence-corrected chi connectivity index (χ4v) is 6.86. The average Bonchev–Trinajstić information content (AvgIpc) is 3.77. The summed E-state index contributed by atoms with van der Waals surface area (Å²) in [6.45, 7) is 37.3. The van der Waals surface area contributed by atoms with E-state index in [1.807, 2.05) is 84.2 Å². The maximum absolute atomic E-state index is 14.1. The number of methoxy groups -OCH3 is 2. The number of hydrogen-bond donors (Lipinski definition) is 1. The third-order valence-electron chi connectivity index (χ3n) is 10.3. The van der Waals surface area contributed by atoms with Gasteiger partial charge < -0.3 is 28.5 Å². The quantitative estimate of drug-likeness (QED) is 0.0415. The zero-order chi connectivity index (χ0) is 54.2. The van der Waals surface area contributed by atoms with Crippen molar-refractivity contribution in [3.05, 3.63) is 166 Å². The molecule has 0 aliphatic rings. The molecule has 0 amide bonds. The molecule has 0 atom stereocenters. The molecule has 0 unspecified atom stereocenters. The number of carbonyl (C=O) groups excluding carboxylic acids is 2. The predicted octanol–water partition coefficient (Wildman–Crippen LogP) is 16.4. The maximum atomic E-state index is 14.1. The number of esters is 1. The van der Waals surface area contributed by atoms with Crippen LogP contribution in [0.4, 0.5) is 17.6 Å². The van der Waals surface area contributed by atoms with Gasteiger partial charge in [0.05, 0.1) is 19.8 Å². The van der Waals surface area contributed by atoms with Gasteiger partial charge >= 0.3 is 12.1 Å². The van der Waals surface area contributed by atoms with Crippen molar-refractivity contribution in [1.29, 1.82) is 0 Å². The first-order valence-corrected chi connectivity index (χ1v) is 23.4. The molecule has 1 N–H and O–H groups in total. The monoisotopic (exact) mass is 985 g/mol. The molecule has 386 valence electrons. The van der Waals surface area contributed by atoms with Crippen molar-refractivity contribution in [2.75, 3.05) is 14.2 Å². The summed E-state index contributed by atoms with van der Waals surface area (Å²) in [6.07, 6.45) is 6.94. The van der Waals surface area contributed by atoms with Crippen LogP contribution in [-0.4, -0.2) is 47.4 Å². The number of carbonyl (C=O) groups is 2. The molecular formula is C59H76F4N2O6. The molecule has 0 fully saturated rings. The van der Waals surface area contributed by atoms with Crippen molar-refractivity contribution in [3.8, 4) is 0 Å². The first-order valence-electron chi connectivity index (χ1n) is 23.4. The van der Waals surface area contributed by atoms with Gasteiger partial charge in [0.2, 0.25) is 0 Å². The lowest BCUT2D eigenvalue weighted by molar-refractivity contribution is -0.139. The number of allylic oxidation sites excluding steroid dienone is 10. The van der Waals surface area contributed by atoms with Crippen molar-refractivity contribution in [2.45, 2.75) is 134 Å². The van der Waals surface area contributed by atoms with Crippen LogP contribution in [0.1, 0.15) is 140 Å². The molecule has 5 aromatic rings. The van der Waals surface area contributed by atoms with Crippen molar-refractivity contribution in [1.82, 2.24) is 9.55 Å². The third-order valence-corrected chi connectivity index (χ3v) is 10.3. The summed E-state index contributed by atoms with van der Waals surface area (Å²) in [5.74, 6) is 0.561. The molecule has 0 saturated carbocycles. The van der Waals surface area contributed by atoms with Crippen molar-refractivity contribution in [3.63, 3.8) is 0 Å². The highest BCUT2D eigenvalue weighted by Gasteiger charge is 2.32. The van der Waals surface area contributed by atoms with Gasteiger partial charge in [0.25, 0.3) is 6.47 Å². The number of H-pyrrole nitrogens is 1. The van der Waals surface area contributed by atoms with E-state index in [0.717, 1.165) is 51.9 Å². The Morgan fingerprint density at radius 3 is 1.76 bits per heavy atom. The molecule has 0 saturated heterocycles. The molecule has 5 rings (SSSR count). The van der Waals surface area contributed by atoms with Gasteiger partial charge in [-0.1, -0.05) is 102 Å². The van der Waals surface area contributed by atoms with Gasteiger partial charge in [-0.2, -0.15) is 13.2 Å². The second kappa shape index (κ2) is 26.1. The van der Waals surface area contributed by atoms with Crippen LogP contribution in [0.3, 0.4) is 0 Å². The van der Waals surface area contributed by atoms with Gasteiger partial charge in [0.1, 0.15) is 34.2 Å². The van der Waals surface area contributed by atoms with Gasteiger partial charge in [-0.3, -0.25) is 4.79 Å². The number of fused-ring (bicyclic) bond motifs is 2. The summed E-state index contributed by atoms with van der Waals surface area (Å²) >= 11 is 0. The Hall–Kier alpha value is -6.56. The number of alkyl halides is 3. The Morgan fingerprint density at radius 2 is 1.31 bits per heavy atom. The Labute approximate surface area is 419 Å². The molecule has 2 heterocycles. The Morgan fingerprint density at radius 1 is 0.761 bits per heavy atom. The molecule has 2 aromatic heterocycles. The normalized spacial score (nSPS) is 12.7. The number of aromatic amines is 1. The van der Waals surface area contributed by atoms with Crippen molar-refractivity contribution in [2.24, 2.45) is 5.41 Å². The first-order chi connectivity index (χ1) is 32.9. The van der Waals surface area contributed by atoms with E-state index in [1.54, 1.807) is 51.3 Å². The van der Waals surface area contributed by atoms with Crippen LogP contribution in [0.25, 0.3) is 33.0 Å². The highest BCUT2D eigenvalue weighted by atomic mass is 19.4. The fourth-order valence-electron chi connectivity index (χ4n) is 6.86. The van der Waals surface area contributed by atoms with Crippen molar-refractivity contribution < 1.29 is 46.1 Å². The Kier molecular flexibility index (Phi) is 22.2. The first kappa shape index (κ1) is 60.6. The van der Waals surface area contributed by atoms with Gasteiger partial charge in [0, 0.05) is 56.3 Å². The molecule has 12 heteroatoms. The average molecular weight is 985 g/mol. The summed E-state index contributed by atoms with van der Waals surface area (Å²) < 4.78 is 77.7. The van der Waals surface area contributed by atoms with E-state index in [9.17, 15) is 27.2 Å². The molecule has 0 bridgehead atoms. The van der Waals surface area contributed by atoms with Crippen LogP contribution in [0.2, 0.25) is 0 Å². The number of benzene rings is 3. The number of rotatable bonds is 13. The highest BCUT2D eigenvalue weighted by molar-refractivity contribution is 6.07. The minimum atomic E-state index is -4.47. The number of aryl methyl sites for hydroxylation is 1. The van der Waals surface area contributed by atoms with Crippen LogP contribution >= 0.6 is 0 Å². The van der Waals surface area contributed by atoms with Gasteiger partial charge in [-0.05, 0) is 134 Å². The SMILES string of the molecule is C=C/C=C\C(=C(/C)OC)c1c(C(=O)OC(C)(C)C)[nH]c2ccc(CC)cc12.C=C/C=C\C(=C(/C)OC)c1c(C)n(Cc2cccc(F)c2C)c2ccc(C(F)(F)F)cc12.CC(C)(C)C.CC(C)(C)OC=O. The second-order valence-corrected chi connectivity index (χ2v) is 20.3. The van der Waals surface area contributed by atoms with Crippen LogP contribution < -0.4 is 0 Å². The molecular weight excluding hydrogens is 909 g/mol. The lowest BCUT2D eigenvalue weighted by Crippen LogP contribution is -2.24. The molecule has 0 aliphatic carbocycles. The van der Waals surface area contributed by atoms with Crippen LogP contribution in [0, 0.1) is 25.1 Å². The summed E-state index contributed by atoms with van der Waals surface area (Å²) in [5.41, 5.74) is 6.92. The Bertz CT molecular complexity index is 2750. The van der Waals surface area contributed by atoms with E-state index < -0.39 is 17.3 Å². The molecule has 8 nitrogen and oxygen atoms in total. The lowest BCUT2D eigenvalue weighted by Gasteiger charge is -2.19. The van der Waals surface area contributed by atoms with Gasteiger partial charge in [0.15, 0.2) is 0 Å². The Balaban J connectivity index is 0.000000399. The van der Waals surface area contributed by atoms with Crippen LogP contribution in [0.5, 0.6) is 0 Å².